The molecular weight excluding hydrogens is 244 g/mol. The molecule has 0 aliphatic heterocycles. The summed E-state index contributed by atoms with van der Waals surface area (Å²) in [6.45, 7) is 2.59. The zero-order valence-corrected chi connectivity index (χ0v) is 10.8. The molecule has 1 N–H and O–H groups in total. The van der Waals surface area contributed by atoms with Crippen LogP contribution in [0, 0.1) is 0 Å². The minimum Gasteiger partial charge on any atom is -0.481 e. The third kappa shape index (κ3) is 3.15. The lowest BCUT2D eigenvalue weighted by molar-refractivity contribution is -0.137. The number of tetrazole rings is 1. The topological polar surface area (TPSA) is 80.9 Å². The van der Waals surface area contributed by atoms with E-state index in [-0.39, 0.29) is 6.42 Å². The summed E-state index contributed by atoms with van der Waals surface area (Å²) in [7, 11) is 0. The Morgan fingerprint density at radius 2 is 2.16 bits per heavy atom. The SMILES string of the molecule is CCc1ccccc1-c1nnnn1CCCC(=O)O. The van der Waals surface area contributed by atoms with E-state index in [0.717, 1.165) is 12.0 Å². The molecule has 0 aliphatic carbocycles. The zero-order chi connectivity index (χ0) is 13.7. The third-order valence-corrected chi connectivity index (χ3v) is 2.93. The molecule has 1 aromatic heterocycles. The van der Waals surface area contributed by atoms with Gasteiger partial charge in [0.2, 0.25) is 0 Å². The molecule has 0 atom stereocenters. The van der Waals surface area contributed by atoms with Crippen molar-refractivity contribution in [2.24, 2.45) is 0 Å². The van der Waals surface area contributed by atoms with E-state index in [9.17, 15) is 4.79 Å². The van der Waals surface area contributed by atoms with Crippen molar-refractivity contribution >= 4 is 5.97 Å². The average Bonchev–Trinajstić information content (AvgIpc) is 2.86. The fraction of sp³-hybridized carbons (Fsp3) is 0.385. The number of aryl methyl sites for hydroxylation is 2. The monoisotopic (exact) mass is 260 g/mol. The number of carbonyl (C=O) groups is 1. The summed E-state index contributed by atoms with van der Waals surface area (Å²) in [5.74, 6) is -0.105. The van der Waals surface area contributed by atoms with Gasteiger partial charge in [0, 0.05) is 18.5 Å². The summed E-state index contributed by atoms with van der Waals surface area (Å²) in [4.78, 5) is 10.5. The van der Waals surface area contributed by atoms with E-state index in [2.05, 4.69) is 22.4 Å². The van der Waals surface area contributed by atoms with Crippen LogP contribution in [0.2, 0.25) is 0 Å². The first-order valence-electron chi connectivity index (χ1n) is 6.28. The first kappa shape index (κ1) is 13.2. The first-order chi connectivity index (χ1) is 9.22. The van der Waals surface area contributed by atoms with Gasteiger partial charge < -0.3 is 5.11 Å². The van der Waals surface area contributed by atoms with Crippen molar-refractivity contribution in [1.82, 2.24) is 20.2 Å². The summed E-state index contributed by atoms with van der Waals surface area (Å²) in [5, 5.41) is 20.3. The Morgan fingerprint density at radius 3 is 2.89 bits per heavy atom. The lowest BCUT2D eigenvalue weighted by Crippen LogP contribution is -2.06. The van der Waals surface area contributed by atoms with E-state index in [1.54, 1.807) is 4.68 Å². The molecule has 0 fully saturated rings. The van der Waals surface area contributed by atoms with Gasteiger partial charge in [0.25, 0.3) is 0 Å². The molecule has 0 saturated heterocycles. The largest absolute Gasteiger partial charge is 0.481 e. The molecule has 2 rings (SSSR count). The molecule has 2 aromatic rings. The predicted octanol–water partition coefficient (Wildman–Crippen LogP) is 1.77. The van der Waals surface area contributed by atoms with Gasteiger partial charge in [-0.3, -0.25) is 4.79 Å². The second-order valence-corrected chi connectivity index (χ2v) is 4.23. The molecule has 1 heterocycles. The molecule has 0 amide bonds. The van der Waals surface area contributed by atoms with Gasteiger partial charge in [0.1, 0.15) is 0 Å². The fourth-order valence-corrected chi connectivity index (χ4v) is 1.97. The smallest absolute Gasteiger partial charge is 0.303 e. The van der Waals surface area contributed by atoms with Gasteiger partial charge in [0.15, 0.2) is 5.82 Å². The van der Waals surface area contributed by atoms with Crippen LogP contribution >= 0.6 is 0 Å². The van der Waals surface area contributed by atoms with Crippen molar-refractivity contribution in [2.45, 2.75) is 32.7 Å². The minimum absolute atomic E-state index is 0.120. The van der Waals surface area contributed by atoms with Crippen LogP contribution in [0.3, 0.4) is 0 Å². The summed E-state index contributed by atoms with van der Waals surface area (Å²) in [6.07, 6.45) is 1.54. The van der Waals surface area contributed by atoms with Crippen molar-refractivity contribution in [3.63, 3.8) is 0 Å². The second-order valence-electron chi connectivity index (χ2n) is 4.23. The quantitative estimate of drug-likeness (QED) is 0.856. The van der Waals surface area contributed by atoms with Gasteiger partial charge in [-0.2, -0.15) is 0 Å². The highest BCUT2D eigenvalue weighted by atomic mass is 16.4. The Kier molecular flexibility index (Phi) is 4.22. The number of carboxylic acids is 1. The summed E-state index contributed by atoms with van der Waals surface area (Å²) in [5.41, 5.74) is 2.18. The van der Waals surface area contributed by atoms with E-state index >= 15 is 0 Å². The Morgan fingerprint density at radius 1 is 1.37 bits per heavy atom. The van der Waals surface area contributed by atoms with Gasteiger partial charge in [0.05, 0.1) is 0 Å². The number of aromatic nitrogens is 4. The van der Waals surface area contributed by atoms with Crippen molar-refractivity contribution in [3.05, 3.63) is 29.8 Å². The molecule has 0 radical (unpaired) electrons. The highest BCUT2D eigenvalue weighted by Crippen LogP contribution is 2.21. The standard InChI is InChI=1S/C13H16N4O2/c1-2-10-6-3-4-7-11(10)13-14-15-16-17(13)9-5-8-12(18)19/h3-4,6-7H,2,5,8-9H2,1H3,(H,18,19). The Labute approximate surface area is 111 Å². The Balaban J connectivity index is 2.21. The molecule has 100 valence electrons. The van der Waals surface area contributed by atoms with E-state index < -0.39 is 5.97 Å². The van der Waals surface area contributed by atoms with Crippen LogP contribution in [-0.2, 0) is 17.8 Å². The van der Waals surface area contributed by atoms with Crippen molar-refractivity contribution < 1.29 is 9.90 Å². The van der Waals surface area contributed by atoms with Crippen LogP contribution in [0.25, 0.3) is 11.4 Å². The number of benzene rings is 1. The van der Waals surface area contributed by atoms with Crippen LogP contribution in [0.1, 0.15) is 25.3 Å². The maximum atomic E-state index is 10.5. The van der Waals surface area contributed by atoms with Crippen molar-refractivity contribution in [2.75, 3.05) is 0 Å². The molecule has 0 bridgehead atoms. The first-order valence-corrected chi connectivity index (χ1v) is 6.28. The zero-order valence-electron chi connectivity index (χ0n) is 10.8. The third-order valence-electron chi connectivity index (χ3n) is 2.93. The molecule has 0 spiro atoms. The lowest BCUT2D eigenvalue weighted by Gasteiger charge is -2.07. The number of nitrogens with zero attached hydrogens (tertiary/aromatic N) is 4. The van der Waals surface area contributed by atoms with Gasteiger partial charge in [-0.15, -0.1) is 5.10 Å². The molecule has 0 saturated carbocycles. The maximum Gasteiger partial charge on any atom is 0.303 e. The van der Waals surface area contributed by atoms with E-state index in [0.29, 0.717) is 18.8 Å². The Hall–Kier alpha value is -2.24. The minimum atomic E-state index is -0.802. The van der Waals surface area contributed by atoms with Gasteiger partial charge in [-0.1, -0.05) is 31.2 Å². The van der Waals surface area contributed by atoms with E-state index in [1.807, 2.05) is 24.3 Å². The van der Waals surface area contributed by atoms with Crippen LogP contribution in [0.15, 0.2) is 24.3 Å². The van der Waals surface area contributed by atoms with Gasteiger partial charge >= 0.3 is 5.97 Å². The summed E-state index contributed by atoms with van der Waals surface area (Å²) in [6, 6.07) is 7.97. The number of rotatable bonds is 6. The van der Waals surface area contributed by atoms with Crippen LogP contribution < -0.4 is 0 Å². The average molecular weight is 260 g/mol. The van der Waals surface area contributed by atoms with Crippen molar-refractivity contribution in [1.29, 1.82) is 0 Å². The van der Waals surface area contributed by atoms with E-state index in [4.69, 9.17) is 5.11 Å². The molecule has 19 heavy (non-hydrogen) atoms. The lowest BCUT2D eigenvalue weighted by atomic mass is 10.0. The van der Waals surface area contributed by atoms with E-state index in [1.165, 1.54) is 5.56 Å². The number of hydrogen-bond donors (Lipinski definition) is 1. The summed E-state index contributed by atoms with van der Waals surface area (Å²) >= 11 is 0. The maximum absolute atomic E-state index is 10.5. The highest BCUT2D eigenvalue weighted by Gasteiger charge is 2.12. The molecule has 0 unspecified atom stereocenters. The Bertz CT molecular complexity index is 565. The number of carboxylic acid groups (broad SMARTS) is 1. The van der Waals surface area contributed by atoms with Gasteiger partial charge in [-0.05, 0) is 28.8 Å². The molecule has 6 nitrogen and oxygen atoms in total. The molecule has 1 aromatic carbocycles. The number of aliphatic carboxylic acids is 1. The normalized spacial score (nSPS) is 10.6. The predicted molar refractivity (Wildman–Crippen MR) is 69.5 cm³/mol. The molecule has 6 heteroatoms. The fourth-order valence-electron chi connectivity index (χ4n) is 1.97. The molecule has 0 aliphatic rings. The van der Waals surface area contributed by atoms with Crippen LogP contribution in [-0.4, -0.2) is 31.3 Å². The second kappa shape index (κ2) is 6.08. The van der Waals surface area contributed by atoms with Gasteiger partial charge in [-0.25, -0.2) is 4.68 Å². The van der Waals surface area contributed by atoms with Crippen LogP contribution in [0.5, 0.6) is 0 Å². The number of hydrogen-bond acceptors (Lipinski definition) is 4. The van der Waals surface area contributed by atoms with Crippen molar-refractivity contribution in [3.8, 4) is 11.4 Å². The summed E-state index contributed by atoms with van der Waals surface area (Å²) < 4.78 is 1.66. The molecular formula is C13H16N4O2. The highest BCUT2D eigenvalue weighted by molar-refractivity contribution is 5.66. The van der Waals surface area contributed by atoms with Crippen LogP contribution in [0.4, 0.5) is 0 Å².